The van der Waals surface area contributed by atoms with Crippen LogP contribution in [0.15, 0.2) is 42.5 Å². The standard InChI is InChI=1S/C17H18INO/c1-11(2)15-10-14(18)7-8-16(15)19-17(20)13-6-4-5-12(3)9-13/h4-11H,1-3H3,(H,19,20). The predicted molar refractivity (Wildman–Crippen MR) is 92.4 cm³/mol. The third kappa shape index (κ3) is 3.60. The van der Waals surface area contributed by atoms with E-state index in [1.165, 1.54) is 3.57 Å². The van der Waals surface area contributed by atoms with Gasteiger partial charge in [0, 0.05) is 14.8 Å². The molecule has 2 rings (SSSR count). The van der Waals surface area contributed by atoms with Gasteiger partial charge in [0.05, 0.1) is 0 Å². The Morgan fingerprint density at radius 1 is 1.15 bits per heavy atom. The monoisotopic (exact) mass is 379 g/mol. The van der Waals surface area contributed by atoms with Gasteiger partial charge in [-0.1, -0.05) is 31.5 Å². The Morgan fingerprint density at radius 2 is 1.90 bits per heavy atom. The van der Waals surface area contributed by atoms with E-state index in [0.717, 1.165) is 16.8 Å². The molecule has 2 aromatic carbocycles. The van der Waals surface area contributed by atoms with Crippen molar-refractivity contribution < 1.29 is 4.79 Å². The number of nitrogens with one attached hydrogen (secondary N) is 1. The molecule has 0 saturated carbocycles. The Labute approximate surface area is 133 Å². The van der Waals surface area contributed by atoms with E-state index in [1.807, 2.05) is 43.3 Å². The van der Waals surface area contributed by atoms with Gasteiger partial charge >= 0.3 is 0 Å². The second kappa shape index (κ2) is 6.39. The van der Waals surface area contributed by atoms with Crippen LogP contribution in [0.2, 0.25) is 0 Å². The summed E-state index contributed by atoms with van der Waals surface area (Å²) in [5.41, 5.74) is 3.84. The lowest BCUT2D eigenvalue weighted by molar-refractivity contribution is 0.102. The van der Waals surface area contributed by atoms with E-state index in [1.54, 1.807) is 0 Å². The number of rotatable bonds is 3. The van der Waals surface area contributed by atoms with Crippen LogP contribution in [0.3, 0.4) is 0 Å². The molecule has 0 aliphatic carbocycles. The molecule has 0 atom stereocenters. The number of aryl methyl sites for hydroxylation is 1. The van der Waals surface area contributed by atoms with Crippen LogP contribution in [0, 0.1) is 10.5 Å². The fourth-order valence-electron chi connectivity index (χ4n) is 2.11. The highest BCUT2D eigenvalue weighted by atomic mass is 127. The Morgan fingerprint density at radius 3 is 2.55 bits per heavy atom. The Bertz CT molecular complexity index is 635. The highest BCUT2D eigenvalue weighted by Crippen LogP contribution is 2.26. The van der Waals surface area contributed by atoms with E-state index in [2.05, 4.69) is 47.8 Å². The molecular weight excluding hydrogens is 361 g/mol. The molecule has 0 fully saturated rings. The summed E-state index contributed by atoms with van der Waals surface area (Å²) in [5, 5.41) is 3.02. The van der Waals surface area contributed by atoms with Crippen LogP contribution >= 0.6 is 22.6 Å². The molecule has 0 bridgehead atoms. The van der Waals surface area contributed by atoms with Crippen molar-refractivity contribution in [2.75, 3.05) is 5.32 Å². The second-order valence-electron chi connectivity index (χ2n) is 5.21. The fraction of sp³-hybridized carbons (Fsp3) is 0.235. The van der Waals surface area contributed by atoms with Gasteiger partial charge in [-0.05, 0) is 71.3 Å². The summed E-state index contributed by atoms with van der Waals surface area (Å²) in [4.78, 5) is 12.3. The van der Waals surface area contributed by atoms with Gasteiger partial charge in [-0.15, -0.1) is 0 Å². The molecule has 0 aliphatic rings. The van der Waals surface area contributed by atoms with Crippen molar-refractivity contribution >= 4 is 34.2 Å². The summed E-state index contributed by atoms with van der Waals surface area (Å²) >= 11 is 2.29. The number of anilines is 1. The molecule has 0 unspecified atom stereocenters. The van der Waals surface area contributed by atoms with Crippen molar-refractivity contribution in [3.05, 3.63) is 62.7 Å². The number of carbonyl (C=O) groups excluding carboxylic acids is 1. The molecule has 3 heteroatoms. The maximum absolute atomic E-state index is 12.3. The number of hydrogen-bond acceptors (Lipinski definition) is 1. The van der Waals surface area contributed by atoms with E-state index < -0.39 is 0 Å². The van der Waals surface area contributed by atoms with Gasteiger partial charge in [-0.2, -0.15) is 0 Å². The summed E-state index contributed by atoms with van der Waals surface area (Å²) in [6.07, 6.45) is 0. The van der Waals surface area contributed by atoms with Gasteiger partial charge in [0.25, 0.3) is 5.91 Å². The zero-order chi connectivity index (χ0) is 14.7. The Kier molecular flexibility index (Phi) is 4.81. The van der Waals surface area contributed by atoms with Gasteiger partial charge in [0.2, 0.25) is 0 Å². The van der Waals surface area contributed by atoms with Crippen LogP contribution in [-0.2, 0) is 0 Å². The van der Waals surface area contributed by atoms with E-state index >= 15 is 0 Å². The van der Waals surface area contributed by atoms with Crippen LogP contribution < -0.4 is 5.32 Å². The first-order chi connectivity index (χ1) is 9.47. The first-order valence-electron chi connectivity index (χ1n) is 6.65. The first kappa shape index (κ1) is 15.0. The van der Waals surface area contributed by atoms with Crippen molar-refractivity contribution in [3.8, 4) is 0 Å². The normalized spacial score (nSPS) is 10.7. The summed E-state index contributed by atoms with van der Waals surface area (Å²) in [7, 11) is 0. The third-order valence-electron chi connectivity index (χ3n) is 3.16. The minimum Gasteiger partial charge on any atom is -0.322 e. The Balaban J connectivity index is 2.28. The lowest BCUT2D eigenvalue weighted by atomic mass is 10.0. The minimum absolute atomic E-state index is 0.0585. The highest BCUT2D eigenvalue weighted by molar-refractivity contribution is 14.1. The minimum atomic E-state index is -0.0585. The number of hydrogen-bond donors (Lipinski definition) is 1. The van der Waals surface area contributed by atoms with Gasteiger partial charge in [0.15, 0.2) is 0 Å². The molecule has 2 nitrogen and oxygen atoms in total. The van der Waals surface area contributed by atoms with Gasteiger partial charge in [0.1, 0.15) is 0 Å². The number of carbonyl (C=O) groups is 1. The van der Waals surface area contributed by atoms with Crippen molar-refractivity contribution in [2.24, 2.45) is 0 Å². The van der Waals surface area contributed by atoms with Crippen molar-refractivity contribution in [3.63, 3.8) is 0 Å². The summed E-state index contributed by atoms with van der Waals surface area (Å²) < 4.78 is 1.18. The van der Waals surface area contributed by atoms with E-state index in [4.69, 9.17) is 0 Å². The number of amides is 1. The number of halogens is 1. The predicted octanol–water partition coefficient (Wildman–Crippen LogP) is 4.98. The van der Waals surface area contributed by atoms with Gasteiger partial charge in [-0.3, -0.25) is 4.79 Å². The fourth-order valence-corrected chi connectivity index (χ4v) is 2.62. The molecule has 0 radical (unpaired) electrons. The van der Waals surface area contributed by atoms with Crippen LogP contribution in [0.5, 0.6) is 0 Å². The molecule has 0 saturated heterocycles. The summed E-state index contributed by atoms with van der Waals surface area (Å²) in [6.45, 7) is 6.25. The van der Waals surface area contributed by atoms with Crippen molar-refractivity contribution in [1.82, 2.24) is 0 Å². The van der Waals surface area contributed by atoms with E-state index in [-0.39, 0.29) is 5.91 Å². The largest absolute Gasteiger partial charge is 0.322 e. The van der Waals surface area contributed by atoms with E-state index in [9.17, 15) is 4.79 Å². The Hall–Kier alpha value is -1.36. The average molecular weight is 379 g/mol. The molecule has 0 aromatic heterocycles. The van der Waals surface area contributed by atoms with E-state index in [0.29, 0.717) is 11.5 Å². The average Bonchev–Trinajstić information content (AvgIpc) is 2.40. The van der Waals surface area contributed by atoms with Crippen molar-refractivity contribution in [1.29, 1.82) is 0 Å². The lowest BCUT2D eigenvalue weighted by Crippen LogP contribution is -2.14. The lowest BCUT2D eigenvalue weighted by Gasteiger charge is -2.14. The summed E-state index contributed by atoms with van der Waals surface area (Å²) in [5.74, 6) is 0.314. The molecule has 1 amide bonds. The molecule has 1 N–H and O–H groups in total. The maximum atomic E-state index is 12.3. The van der Waals surface area contributed by atoms with Crippen LogP contribution in [0.1, 0.15) is 41.3 Å². The third-order valence-corrected chi connectivity index (χ3v) is 3.84. The van der Waals surface area contributed by atoms with Crippen molar-refractivity contribution in [2.45, 2.75) is 26.7 Å². The van der Waals surface area contributed by atoms with Crippen LogP contribution in [0.4, 0.5) is 5.69 Å². The molecule has 0 spiro atoms. The van der Waals surface area contributed by atoms with Crippen LogP contribution in [0.25, 0.3) is 0 Å². The molecule has 0 aliphatic heterocycles. The smallest absolute Gasteiger partial charge is 0.255 e. The zero-order valence-corrected chi connectivity index (χ0v) is 14.1. The molecule has 0 heterocycles. The van der Waals surface area contributed by atoms with Gasteiger partial charge < -0.3 is 5.32 Å². The SMILES string of the molecule is Cc1cccc(C(=O)Nc2ccc(I)cc2C(C)C)c1. The molecule has 104 valence electrons. The molecule has 20 heavy (non-hydrogen) atoms. The highest BCUT2D eigenvalue weighted by Gasteiger charge is 2.11. The first-order valence-corrected chi connectivity index (χ1v) is 7.72. The quantitative estimate of drug-likeness (QED) is 0.750. The maximum Gasteiger partial charge on any atom is 0.255 e. The molecule has 2 aromatic rings. The molecular formula is C17H18INO. The zero-order valence-electron chi connectivity index (χ0n) is 11.9. The second-order valence-corrected chi connectivity index (χ2v) is 6.46. The van der Waals surface area contributed by atoms with Crippen LogP contribution in [-0.4, -0.2) is 5.91 Å². The number of benzene rings is 2. The topological polar surface area (TPSA) is 29.1 Å². The van der Waals surface area contributed by atoms with Gasteiger partial charge in [-0.25, -0.2) is 0 Å². The summed E-state index contributed by atoms with van der Waals surface area (Å²) in [6, 6.07) is 13.7.